The number of fused-ring (bicyclic) bond motifs is 2. The Kier molecular flexibility index (Phi) is 3.72. The van der Waals surface area contributed by atoms with Gasteiger partial charge < -0.3 is 9.30 Å². The predicted molar refractivity (Wildman–Crippen MR) is 93.0 cm³/mol. The van der Waals surface area contributed by atoms with E-state index in [9.17, 15) is 13.6 Å². The number of carbonyl (C=O) groups is 1. The number of nitrogens with zero attached hydrogens (tertiary/aromatic N) is 3. The molecular weight excluding hydrogens is 340 g/mol. The van der Waals surface area contributed by atoms with Crippen molar-refractivity contribution in [3.63, 3.8) is 0 Å². The molecule has 0 saturated carbocycles. The van der Waals surface area contributed by atoms with Crippen LogP contribution in [0.15, 0.2) is 42.7 Å². The number of carbonyl (C=O) groups excluding carboxylic acids is 1. The molecule has 0 atom stereocenters. The molecule has 7 heteroatoms. The van der Waals surface area contributed by atoms with Gasteiger partial charge in [-0.3, -0.25) is 4.68 Å². The number of esters is 1. The molecule has 2 aromatic heterocycles. The highest BCUT2D eigenvalue weighted by atomic mass is 19.1. The van der Waals surface area contributed by atoms with E-state index in [1.807, 2.05) is 25.2 Å². The van der Waals surface area contributed by atoms with Gasteiger partial charge >= 0.3 is 5.97 Å². The Balaban J connectivity index is 1.87. The van der Waals surface area contributed by atoms with E-state index >= 15 is 0 Å². The summed E-state index contributed by atoms with van der Waals surface area (Å²) >= 11 is 0. The van der Waals surface area contributed by atoms with Crippen molar-refractivity contribution in [2.24, 2.45) is 7.05 Å². The van der Waals surface area contributed by atoms with Gasteiger partial charge in [-0.1, -0.05) is 6.07 Å². The molecule has 0 aliphatic heterocycles. The molecule has 4 rings (SSSR count). The van der Waals surface area contributed by atoms with E-state index < -0.39 is 17.6 Å². The van der Waals surface area contributed by atoms with Crippen LogP contribution in [0.1, 0.15) is 15.9 Å². The van der Waals surface area contributed by atoms with Gasteiger partial charge in [0.2, 0.25) is 0 Å². The van der Waals surface area contributed by atoms with Gasteiger partial charge in [-0.25, -0.2) is 13.6 Å². The first kappa shape index (κ1) is 16.3. The monoisotopic (exact) mass is 355 g/mol. The molecule has 0 radical (unpaired) electrons. The highest BCUT2D eigenvalue weighted by Crippen LogP contribution is 2.28. The quantitative estimate of drug-likeness (QED) is 0.527. The normalized spacial score (nSPS) is 11.4. The Morgan fingerprint density at radius 3 is 2.73 bits per heavy atom. The molecule has 2 heterocycles. The molecule has 132 valence electrons. The zero-order valence-corrected chi connectivity index (χ0v) is 14.2. The zero-order chi connectivity index (χ0) is 18.4. The topological polar surface area (TPSA) is 49.1 Å². The molecule has 4 aromatic rings. The predicted octanol–water partition coefficient (Wildman–Crippen LogP) is 3.64. The van der Waals surface area contributed by atoms with E-state index in [-0.39, 0.29) is 23.0 Å². The van der Waals surface area contributed by atoms with Crippen LogP contribution in [0.25, 0.3) is 21.8 Å². The molecular formula is C19H15F2N3O2. The Hall–Kier alpha value is -3.22. The number of benzene rings is 2. The van der Waals surface area contributed by atoms with Gasteiger partial charge in [-0.15, -0.1) is 0 Å². The van der Waals surface area contributed by atoms with Crippen LogP contribution in [0, 0.1) is 11.6 Å². The van der Waals surface area contributed by atoms with Gasteiger partial charge in [0.1, 0.15) is 11.6 Å². The molecule has 0 fully saturated rings. The lowest BCUT2D eigenvalue weighted by Gasteiger charge is -2.07. The van der Waals surface area contributed by atoms with E-state index in [1.165, 1.54) is 17.9 Å². The molecule has 2 aromatic carbocycles. The van der Waals surface area contributed by atoms with Crippen LogP contribution in [0.5, 0.6) is 0 Å². The van der Waals surface area contributed by atoms with Crippen LogP contribution in [0.3, 0.4) is 0 Å². The minimum absolute atomic E-state index is 0.00181. The largest absolute Gasteiger partial charge is 0.465 e. The summed E-state index contributed by atoms with van der Waals surface area (Å²) < 4.78 is 36.7. The third kappa shape index (κ3) is 2.44. The van der Waals surface area contributed by atoms with E-state index in [2.05, 4.69) is 5.10 Å². The summed E-state index contributed by atoms with van der Waals surface area (Å²) in [6.45, 7) is 0.276. The minimum atomic E-state index is -0.707. The molecule has 0 bridgehead atoms. The van der Waals surface area contributed by atoms with Crippen molar-refractivity contribution in [3.8, 4) is 0 Å². The van der Waals surface area contributed by atoms with E-state index in [1.54, 1.807) is 10.9 Å². The van der Waals surface area contributed by atoms with Gasteiger partial charge in [-0.05, 0) is 29.8 Å². The highest BCUT2D eigenvalue weighted by Gasteiger charge is 2.21. The summed E-state index contributed by atoms with van der Waals surface area (Å²) in [4.78, 5) is 12.0. The Labute approximate surface area is 147 Å². The van der Waals surface area contributed by atoms with Crippen molar-refractivity contribution in [1.29, 1.82) is 0 Å². The number of ether oxygens (including phenoxy) is 1. The number of hydrogen-bond donors (Lipinski definition) is 0. The second-order valence-corrected chi connectivity index (χ2v) is 6.08. The van der Waals surface area contributed by atoms with E-state index in [0.717, 1.165) is 28.6 Å². The zero-order valence-electron chi connectivity index (χ0n) is 14.2. The van der Waals surface area contributed by atoms with Gasteiger partial charge in [-0.2, -0.15) is 5.10 Å². The summed E-state index contributed by atoms with van der Waals surface area (Å²) in [5.74, 6) is -1.97. The van der Waals surface area contributed by atoms with Crippen LogP contribution in [0.2, 0.25) is 0 Å². The van der Waals surface area contributed by atoms with Gasteiger partial charge in [0, 0.05) is 25.2 Å². The number of aryl methyl sites for hydroxylation is 1. The lowest BCUT2D eigenvalue weighted by atomic mass is 10.1. The number of rotatable bonds is 3. The van der Waals surface area contributed by atoms with Crippen LogP contribution in [-0.2, 0) is 18.3 Å². The summed E-state index contributed by atoms with van der Waals surface area (Å²) in [5, 5.41) is 5.07. The van der Waals surface area contributed by atoms with Crippen LogP contribution < -0.4 is 0 Å². The van der Waals surface area contributed by atoms with Crippen molar-refractivity contribution in [1.82, 2.24) is 14.3 Å². The van der Waals surface area contributed by atoms with Crippen molar-refractivity contribution in [2.75, 3.05) is 7.11 Å². The third-order valence-corrected chi connectivity index (χ3v) is 4.49. The molecule has 0 saturated heterocycles. The molecule has 0 spiro atoms. The Morgan fingerprint density at radius 2 is 1.96 bits per heavy atom. The maximum atomic E-state index is 14.4. The first-order valence-electron chi connectivity index (χ1n) is 7.95. The number of aromatic nitrogens is 3. The molecule has 0 aliphatic rings. The molecule has 0 aliphatic carbocycles. The second-order valence-electron chi connectivity index (χ2n) is 6.08. The van der Waals surface area contributed by atoms with Crippen LogP contribution >= 0.6 is 0 Å². The third-order valence-electron chi connectivity index (χ3n) is 4.49. The van der Waals surface area contributed by atoms with E-state index in [0.29, 0.717) is 0 Å². The van der Waals surface area contributed by atoms with Gasteiger partial charge in [0.05, 0.1) is 35.3 Å². The molecule has 26 heavy (non-hydrogen) atoms. The fraction of sp³-hybridized carbons (Fsp3) is 0.158. The summed E-state index contributed by atoms with van der Waals surface area (Å²) in [7, 11) is 3.06. The fourth-order valence-corrected chi connectivity index (χ4v) is 3.26. The van der Waals surface area contributed by atoms with Crippen molar-refractivity contribution < 1.29 is 18.3 Å². The SMILES string of the molecule is COC(=O)c1cn(Cc2ccc3c(cnn3C)c2)c2c(F)ccc(F)c12. The number of methoxy groups -OCH3 is 1. The van der Waals surface area contributed by atoms with E-state index in [4.69, 9.17) is 4.74 Å². The second kappa shape index (κ2) is 5.94. The smallest absolute Gasteiger partial charge is 0.340 e. The van der Waals surface area contributed by atoms with Crippen molar-refractivity contribution in [2.45, 2.75) is 6.54 Å². The molecule has 0 N–H and O–H groups in total. The summed E-state index contributed by atoms with van der Waals surface area (Å²) in [6.07, 6.45) is 3.17. The van der Waals surface area contributed by atoms with Gasteiger partial charge in [0.15, 0.2) is 0 Å². The average molecular weight is 355 g/mol. The molecule has 0 amide bonds. The van der Waals surface area contributed by atoms with Crippen LogP contribution in [-0.4, -0.2) is 27.4 Å². The highest BCUT2D eigenvalue weighted by molar-refractivity contribution is 6.04. The van der Waals surface area contributed by atoms with Gasteiger partial charge in [0.25, 0.3) is 0 Å². The lowest BCUT2D eigenvalue weighted by Crippen LogP contribution is -2.01. The first-order chi connectivity index (χ1) is 12.5. The Morgan fingerprint density at radius 1 is 1.19 bits per heavy atom. The standard InChI is InChI=1S/C19H15F2N3O2/c1-23-16-6-3-11(7-12(16)8-22-23)9-24-10-13(19(25)26-2)17-14(20)4-5-15(21)18(17)24/h3-8,10H,9H2,1-2H3. The van der Waals surface area contributed by atoms with Crippen LogP contribution in [0.4, 0.5) is 8.78 Å². The van der Waals surface area contributed by atoms with Crippen molar-refractivity contribution in [3.05, 3.63) is 65.5 Å². The Bertz CT molecular complexity index is 1160. The maximum absolute atomic E-state index is 14.4. The fourth-order valence-electron chi connectivity index (χ4n) is 3.26. The first-order valence-corrected chi connectivity index (χ1v) is 7.95. The minimum Gasteiger partial charge on any atom is -0.465 e. The molecule has 0 unspecified atom stereocenters. The van der Waals surface area contributed by atoms with Crippen molar-refractivity contribution >= 4 is 27.8 Å². The average Bonchev–Trinajstić information content (AvgIpc) is 3.19. The molecule has 5 nitrogen and oxygen atoms in total. The summed E-state index contributed by atoms with van der Waals surface area (Å²) in [6, 6.07) is 7.81. The number of hydrogen-bond acceptors (Lipinski definition) is 3. The lowest BCUT2D eigenvalue weighted by molar-refractivity contribution is 0.0602. The maximum Gasteiger partial charge on any atom is 0.340 e. The number of halogens is 2. The summed E-state index contributed by atoms with van der Waals surface area (Å²) in [5.41, 5.74) is 1.89.